The number of nitrogens with zero attached hydrogens (tertiary/aromatic N) is 2. The second kappa shape index (κ2) is 5.01. The molecule has 0 aliphatic rings. The van der Waals surface area contributed by atoms with E-state index in [1.807, 2.05) is 13.8 Å². The van der Waals surface area contributed by atoms with E-state index in [-0.39, 0.29) is 18.5 Å². The monoisotopic (exact) mass is 230 g/mol. The molecule has 1 heterocycles. The molecule has 0 fully saturated rings. The number of fused-ring (bicyclic) bond motifs is 1. The van der Waals surface area contributed by atoms with Crippen molar-refractivity contribution in [2.24, 2.45) is 0 Å². The summed E-state index contributed by atoms with van der Waals surface area (Å²) < 4.78 is 5.28. The van der Waals surface area contributed by atoms with Crippen LogP contribution in [-0.2, 0) is 4.74 Å². The number of carbonyl (C=O) groups excluding carboxylic acids is 1. The summed E-state index contributed by atoms with van der Waals surface area (Å²) in [6.07, 6.45) is 3.30. The first-order valence-electron chi connectivity index (χ1n) is 5.52. The Morgan fingerprint density at radius 2 is 1.94 bits per heavy atom. The number of hydrogen-bond donors (Lipinski definition) is 0. The summed E-state index contributed by atoms with van der Waals surface area (Å²) in [5, 5.41) is 0. The maximum Gasteiger partial charge on any atom is 0.188 e. The van der Waals surface area contributed by atoms with Gasteiger partial charge in [-0.05, 0) is 32.0 Å². The highest BCUT2D eigenvalue weighted by atomic mass is 16.5. The zero-order valence-corrected chi connectivity index (χ0v) is 9.88. The van der Waals surface area contributed by atoms with Crippen molar-refractivity contribution in [1.29, 1.82) is 0 Å². The molecule has 88 valence electrons. The topological polar surface area (TPSA) is 52.1 Å². The minimum Gasteiger partial charge on any atom is -0.371 e. The van der Waals surface area contributed by atoms with E-state index in [4.69, 9.17) is 4.74 Å². The lowest BCUT2D eigenvalue weighted by Gasteiger charge is -2.06. The third-order valence-corrected chi connectivity index (χ3v) is 2.34. The van der Waals surface area contributed by atoms with Gasteiger partial charge in [0.25, 0.3) is 0 Å². The Hall–Kier alpha value is -1.81. The standard InChI is InChI=1S/C13H14N2O2/c1-9(2)17-8-13(16)10-3-4-11-12(7-10)15-6-5-14-11/h3-7,9H,8H2,1-2H3. The van der Waals surface area contributed by atoms with Crippen LogP contribution in [0.4, 0.5) is 0 Å². The molecule has 0 N–H and O–H groups in total. The lowest BCUT2D eigenvalue weighted by Crippen LogP contribution is -2.13. The Balaban J connectivity index is 2.21. The summed E-state index contributed by atoms with van der Waals surface area (Å²) in [6.45, 7) is 3.90. The summed E-state index contributed by atoms with van der Waals surface area (Å²) >= 11 is 0. The highest BCUT2D eigenvalue weighted by Crippen LogP contribution is 2.11. The number of ketones is 1. The van der Waals surface area contributed by atoms with Crippen molar-refractivity contribution in [3.8, 4) is 0 Å². The summed E-state index contributed by atoms with van der Waals surface area (Å²) in [6, 6.07) is 5.29. The second-order valence-electron chi connectivity index (χ2n) is 4.04. The van der Waals surface area contributed by atoms with Crippen LogP contribution < -0.4 is 0 Å². The summed E-state index contributed by atoms with van der Waals surface area (Å²) in [5.41, 5.74) is 2.12. The van der Waals surface area contributed by atoms with E-state index in [2.05, 4.69) is 9.97 Å². The molecule has 0 radical (unpaired) electrons. The third kappa shape index (κ3) is 2.85. The van der Waals surface area contributed by atoms with E-state index >= 15 is 0 Å². The minimum absolute atomic E-state index is 0.0359. The fourth-order valence-electron chi connectivity index (χ4n) is 1.46. The van der Waals surface area contributed by atoms with Crippen molar-refractivity contribution in [1.82, 2.24) is 9.97 Å². The zero-order chi connectivity index (χ0) is 12.3. The molecule has 4 nitrogen and oxygen atoms in total. The molecule has 0 bridgehead atoms. The molecule has 0 unspecified atom stereocenters. The van der Waals surface area contributed by atoms with E-state index in [0.717, 1.165) is 11.0 Å². The van der Waals surface area contributed by atoms with Gasteiger partial charge in [0.1, 0.15) is 6.61 Å². The molecule has 1 aromatic carbocycles. The van der Waals surface area contributed by atoms with Crippen molar-refractivity contribution in [2.75, 3.05) is 6.61 Å². The van der Waals surface area contributed by atoms with Crippen LogP contribution in [-0.4, -0.2) is 28.5 Å². The highest BCUT2D eigenvalue weighted by Gasteiger charge is 2.08. The molecule has 1 aromatic heterocycles. The van der Waals surface area contributed by atoms with Gasteiger partial charge in [-0.1, -0.05) is 0 Å². The van der Waals surface area contributed by atoms with Gasteiger partial charge in [0.05, 0.1) is 17.1 Å². The largest absolute Gasteiger partial charge is 0.371 e. The van der Waals surface area contributed by atoms with Gasteiger partial charge in [-0.3, -0.25) is 14.8 Å². The van der Waals surface area contributed by atoms with Gasteiger partial charge in [-0.25, -0.2) is 0 Å². The Morgan fingerprint density at radius 3 is 2.65 bits per heavy atom. The van der Waals surface area contributed by atoms with Crippen molar-refractivity contribution >= 4 is 16.8 Å². The Kier molecular flexibility index (Phi) is 3.44. The van der Waals surface area contributed by atoms with Crippen molar-refractivity contribution in [2.45, 2.75) is 20.0 Å². The zero-order valence-electron chi connectivity index (χ0n) is 9.88. The molecular weight excluding hydrogens is 216 g/mol. The first kappa shape index (κ1) is 11.7. The molecule has 17 heavy (non-hydrogen) atoms. The lowest BCUT2D eigenvalue weighted by atomic mass is 10.1. The van der Waals surface area contributed by atoms with Crippen LogP contribution >= 0.6 is 0 Å². The molecule has 0 atom stereocenters. The van der Waals surface area contributed by atoms with Crippen LogP contribution in [0.15, 0.2) is 30.6 Å². The summed E-state index contributed by atoms with van der Waals surface area (Å²) in [4.78, 5) is 20.1. The second-order valence-corrected chi connectivity index (χ2v) is 4.04. The Bertz CT molecular complexity index is 538. The number of carbonyl (C=O) groups is 1. The smallest absolute Gasteiger partial charge is 0.188 e. The maximum atomic E-state index is 11.8. The maximum absolute atomic E-state index is 11.8. The van der Waals surface area contributed by atoms with Crippen LogP contribution in [0.1, 0.15) is 24.2 Å². The first-order valence-corrected chi connectivity index (χ1v) is 5.52. The molecule has 2 rings (SSSR count). The number of aromatic nitrogens is 2. The van der Waals surface area contributed by atoms with Crippen LogP contribution in [0.5, 0.6) is 0 Å². The van der Waals surface area contributed by atoms with Crippen molar-refractivity contribution in [3.05, 3.63) is 36.2 Å². The molecule has 0 saturated carbocycles. The van der Waals surface area contributed by atoms with Crippen LogP contribution in [0, 0.1) is 0 Å². The lowest BCUT2D eigenvalue weighted by molar-refractivity contribution is 0.0585. The predicted molar refractivity (Wildman–Crippen MR) is 65.0 cm³/mol. The number of rotatable bonds is 4. The molecule has 0 aliphatic heterocycles. The van der Waals surface area contributed by atoms with Gasteiger partial charge in [-0.15, -0.1) is 0 Å². The molecule has 0 amide bonds. The van der Waals surface area contributed by atoms with Gasteiger partial charge in [0.2, 0.25) is 0 Å². The minimum atomic E-state index is -0.0359. The number of ether oxygens (including phenoxy) is 1. The summed E-state index contributed by atoms with van der Waals surface area (Å²) in [7, 11) is 0. The molecule has 4 heteroatoms. The van der Waals surface area contributed by atoms with E-state index in [0.29, 0.717) is 5.56 Å². The fourth-order valence-corrected chi connectivity index (χ4v) is 1.46. The number of hydrogen-bond acceptors (Lipinski definition) is 4. The van der Waals surface area contributed by atoms with Crippen molar-refractivity contribution < 1.29 is 9.53 Å². The molecule has 2 aromatic rings. The molecule has 0 saturated heterocycles. The fraction of sp³-hybridized carbons (Fsp3) is 0.308. The van der Waals surface area contributed by atoms with E-state index < -0.39 is 0 Å². The Morgan fingerprint density at radius 1 is 1.24 bits per heavy atom. The van der Waals surface area contributed by atoms with E-state index in [1.54, 1.807) is 30.6 Å². The van der Waals surface area contributed by atoms with Gasteiger partial charge in [0.15, 0.2) is 5.78 Å². The highest BCUT2D eigenvalue weighted by molar-refractivity contribution is 5.99. The van der Waals surface area contributed by atoms with Gasteiger partial charge >= 0.3 is 0 Å². The average molecular weight is 230 g/mol. The third-order valence-electron chi connectivity index (χ3n) is 2.34. The first-order chi connectivity index (χ1) is 8.16. The number of Topliss-reactive ketones (excluding diaryl/α,β-unsaturated/α-hetero) is 1. The quantitative estimate of drug-likeness (QED) is 0.756. The number of benzene rings is 1. The normalized spacial score (nSPS) is 11.0. The van der Waals surface area contributed by atoms with E-state index in [9.17, 15) is 4.79 Å². The summed E-state index contributed by atoms with van der Waals surface area (Å²) in [5.74, 6) is -0.0359. The van der Waals surface area contributed by atoms with Crippen LogP contribution in [0.25, 0.3) is 11.0 Å². The molecular formula is C13H14N2O2. The van der Waals surface area contributed by atoms with Crippen LogP contribution in [0.3, 0.4) is 0 Å². The Labute approximate surface area is 99.7 Å². The molecule has 0 spiro atoms. The van der Waals surface area contributed by atoms with Crippen LogP contribution in [0.2, 0.25) is 0 Å². The van der Waals surface area contributed by atoms with Crippen molar-refractivity contribution in [3.63, 3.8) is 0 Å². The van der Waals surface area contributed by atoms with Gasteiger partial charge in [-0.2, -0.15) is 0 Å². The average Bonchev–Trinajstić information content (AvgIpc) is 2.35. The van der Waals surface area contributed by atoms with Gasteiger partial charge < -0.3 is 4.74 Å². The van der Waals surface area contributed by atoms with Gasteiger partial charge in [0, 0.05) is 18.0 Å². The molecule has 0 aliphatic carbocycles. The van der Waals surface area contributed by atoms with E-state index in [1.165, 1.54) is 0 Å². The predicted octanol–water partition coefficient (Wildman–Crippen LogP) is 2.24. The SMILES string of the molecule is CC(C)OCC(=O)c1ccc2nccnc2c1.